The molecule has 1 amide bonds. The molecule has 0 aliphatic carbocycles. The molecule has 3 rings (SSSR count). The molecule has 2 heterocycles. The van der Waals surface area contributed by atoms with Crippen LogP contribution < -0.4 is 0 Å². The number of rotatable bonds is 7. The number of hydrogen-bond acceptors (Lipinski definition) is 3. The third-order valence-electron chi connectivity index (χ3n) is 4.55. The maximum absolute atomic E-state index is 12.4. The van der Waals surface area contributed by atoms with Crippen LogP contribution in [0.2, 0.25) is 0 Å². The van der Waals surface area contributed by atoms with Gasteiger partial charge in [-0.15, -0.1) is 11.3 Å². The van der Waals surface area contributed by atoms with Crippen molar-refractivity contribution in [2.45, 2.75) is 39.5 Å². The SMILES string of the molecule is CCCCN(C)C(=O)Cc1csc2nc(-c3ccc(CC)cc3)cn12. The summed E-state index contributed by atoms with van der Waals surface area (Å²) in [5.74, 6) is 0.163. The summed E-state index contributed by atoms with van der Waals surface area (Å²) in [6.45, 7) is 5.12. The minimum absolute atomic E-state index is 0.163. The van der Waals surface area contributed by atoms with Crippen LogP contribution in [-0.2, 0) is 17.6 Å². The van der Waals surface area contributed by atoms with Crippen LogP contribution in [0.25, 0.3) is 16.2 Å². The lowest BCUT2D eigenvalue weighted by molar-refractivity contribution is -0.129. The van der Waals surface area contributed by atoms with Gasteiger partial charge in [0, 0.05) is 36.4 Å². The Bertz CT molecular complexity index is 848. The van der Waals surface area contributed by atoms with Crippen molar-refractivity contribution in [1.29, 1.82) is 0 Å². The molecule has 1 aromatic carbocycles. The van der Waals surface area contributed by atoms with E-state index in [1.54, 1.807) is 11.3 Å². The van der Waals surface area contributed by atoms with Crippen molar-refractivity contribution < 1.29 is 4.79 Å². The molecule has 0 aliphatic heterocycles. The van der Waals surface area contributed by atoms with E-state index in [9.17, 15) is 4.79 Å². The molecule has 0 radical (unpaired) electrons. The summed E-state index contributed by atoms with van der Waals surface area (Å²) in [5, 5.41) is 2.04. The summed E-state index contributed by atoms with van der Waals surface area (Å²) < 4.78 is 2.05. The lowest BCUT2D eigenvalue weighted by atomic mass is 10.1. The van der Waals surface area contributed by atoms with Crippen molar-refractivity contribution in [2.24, 2.45) is 0 Å². The molecule has 5 heteroatoms. The zero-order valence-electron chi connectivity index (χ0n) is 15.2. The molecule has 0 saturated heterocycles. The lowest BCUT2D eigenvalue weighted by Gasteiger charge is -2.16. The number of aromatic nitrogens is 2. The quantitative estimate of drug-likeness (QED) is 0.629. The molecule has 2 aromatic heterocycles. The van der Waals surface area contributed by atoms with Gasteiger partial charge in [0.05, 0.1) is 12.1 Å². The molecule has 0 spiro atoms. The number of nitrogens with zero attached hydrogens (tertiary/aromatic N) is 3. The fourth-order valence-corrected chi connectivity index (χ4v) is 3.69. The van der Waals surface area contributed by atoms with Crippen LogP contribution in [0.5, 0.6) is 0 Å². The number of fused-ring (bicyclic) bond motifs is 1. The van der Waals surface area contributed by atoms with Crippen LogP contribution >= 0.6 is 11.3 Å². The van der Waals surface area contributed by atoms with E-state index in [2.05, 4.69) is 42.5 Å². The predicted molar refractivity (Wildman–Crippen MR) is 104 cm³/mol. The van der Waals surface area contributed by atoms with Gasteiger partial charge in [-0.3, -0.25) is 9.20 Å². The van der Waals surface area contributed by atoms with E-state index in [1.165, 1.54) is 5.56 Å². The largest absolute Gasteiger partial charge is 0.345 e. The van der Waals surface area contributed by atoms with Crippen molar-refractivity contribution in [3.63, 3.8) is 0 Å². The molecule has 0 bridgehead atoms. The molecule has 3 aromatic rings. The number of carbonyl (C=O) groups excluding carboxylic acids is 1. The van der Waals surface area contributed by atoms with E-state index in [0.717, 1.165) is 47.7 Å². The number of benzene rings is 1. The van der Waals surface area contributed by atoms with Gasteiger partial charge in [-0.2, -0.15) is 0 Å². The van der Waals surface area contributed by atoms with E-state index in [4.69, 9.17) is 4.98 Å². The second-order valence-electron chi connectivity index (χ2n) is 6.40. The Morgan fingerprint density at radius 2 is 2.00 bits per heavy atom. The fourth-order valence-electron chi connectivity index (χ4n) is 2.82. The molecule has 0 fully saturated rings. The Morgan fingerprint density at radius 1 is 1.24 bits per heavy atom. The first kappa shape index (κ1) is 17.7. The summed E-state index contributed by atoms with van der Waals surface area (Å²) in [5.41, 5.74) is 4.41. The second-order valence-corrected chi connectivity index (χ2v) is 7.24. The van der Waals surface area contributed by atoms with Gasteiger partial charge in [0.25, 0.3) is 0 Å². The van der Waals surface area contributed by atoms with Gasteiger partial charge < -0.3 is 4.90 Å². The van der Waals surface area contributed by atoms with Crippen LogP contribution in [0.4, 0.5) is 0 Å². The van der Waals surface area contributed by atoms with E-state index < -0.39 is 0 Å². The van der Waals surface area contributed by atoms with Crippen molar-refractivity contribution in [3.05, 3.63) is 47.1 Å². The third kappa shape index (κ3) is 3.93. The second kappa shape index (κ2) is 7.83. The topological polar surface area (TPSA) is 37.6 Å². The highest BCUT2D eigenvalue weighted by Gasteiger charge is 2.15. The van der Waals surface area contributed by atoms with Crippen LogP contribution in [0.3, 0.4) is 0 Å². The molecule has 0 saturated carbocycles. The number of thiazole rings is 1. The van der Waals surface area contributed by atoms with Gasteiger partial charge in [-0.05, 0) is 18.4 Å². The lowest BCUT2D eigenvalue weighted by Crippen LogP contribution is -2.29. The maximum Gasteiger partial charge on any atom is 0.228 e. The molecular formula is C20H25N3OS. The summed E-state index contributed by atoms with van der Waals surface area (Å²) >= 11 is 1.59. The molecular weight excluding hydrogens is 330 g/mol. The highest BCUT2D eigenvalue weighted by Crippen LogP contribution is 2.24. The zero-order valence-corrected chi connectivity index (χ0v) is 16.0. The number of hydrogen-bond donors (Lipinski definition) is 0. The summed E-state index contributed by atoms with van der Waals surface area (Å²) in [4.78, 5) is 19.9. The van der Waals surface area contributed by atoms with Crippen molar-refractivity contribution in [3.8, 4) is 11.3 Å². The van der Waals surface area contributed by atoms with Gasteiger partial charge in [0.2, 0.25) is 5.91 Å². The number of carbonyl (C=O) groups is 1. The Balaban J connectivity index is 1.79. The van der Waals surface area contributed by atoms with Gasteiger partial charge in [0.1, 0.15) is 0 Å². The number of aryl methyl sites for hydroxylation is 1. The monoisotopic (exact) mass is 355 g/mol. The molecule has 0 aliphatic rings. The highest BCUT2D eigenvalue weighted by atomic mass is 32.1. The summed E-state index contributed by atoms with van der Waals surface area (Å²) in [7, 11) is 1.89. The zero-order chi connectivity index (χ0) is 17.8. The number of unbranched alkanes of at least 4 members (excludes halogenated alkanes) is 1. The first-order chi connectivity index (χ1) is 12.1. The van der Waals surface area contributed by atoms with Crippen LogP contribution in [0, 0.1) is 0 Å². The Kier molecular flexibility index (Phi) is 5.53. The molecule has 132 valence electrons. The van der Waals surface area contributed by atoms with Gasteiger partial charge >= 0.3 is 0 Å². The highest BCUT2D eigenvalue weighted by molar-refractivity contribution is 7.15. The minimum Gasteiger partial charge on any atom is -0.345 e. The normalized spacial score (nSPS) is 11.2. The van der Waals surface area contributed by atoms with Crippen LogP contribution in [-0.4, -0.2) is 33.8 Å². The molecule has 0 unspecified atom stereocenters. The molecule has 25 heavy (non-hydrogen) atoms. The standard InChI is InChI=1S/C20H25N3OS/c1-4-6-11-22(3)19(24)12-17-14-25-20-21-18(13-23(17)20)16-9-7-15(5-2)8-10-16/h7-10,13-14H,4-6,11-12H2,1-3H3. The first-order valence-corrected chi connectivity index (χ1v) is 9.79. The van der Waals surface area contributed by atoms with E-state index >= 15 is 0 Å². The average molecular weight is 356 g/mol. The number of amides is 1. The fraction of sp³-hybridized carbons (Fsp3) is 0.400. The van der Waals surface area contributed by atoms with E-state index in [1.807, 2.05) is 23.5 Å². The summed E-state index contributed by atoms with van der Waals surface area (Å²) in [6, 6.07) is 8.54. The number of imidazole rings is 1. The Labute approximate surface area is 153 Å². The first-order valence-electron chi connectivity index (χ1n) is 8.91. The predicted octanol–water partition coefficient (Wildman–Crippen LogP) is 4.43. The molecule has 4 nitrogen and oxygen atoms in total. The number of likely N-dealkylation sites (N-methyl/N-ethyl adjacent to an activating group) is 1. The van der Waals surface area contributed by atoms with Gasteiger partial charge in [-0.25, -0.2) is 4.98 Å². The van der Waals surface area contributed by atoms with Crippen LogP contribution in [0.15, 0.2) is 35.8 Å². The summed E-state index contributed by atoms with van der Waals surface area (Å²) in [6.07, 6.45) is 5.65. The Hall–Kier alpha value is -2.14. The molecule has 0 N–H and O–H groups in total. The third-order valence-corrected chi connectivity index (χ3v) is 5.44. The van der Waals surface area contributed by atoms with Crippen molar-refractivity contribution in [1.82, 2.24) is 14.3 Å². The van der Waals surface area contributed by atoms with Crippen molar-refractivity contribution in [2.75, 3.05) is 13.6 Å². The van der Waals surface area contributed by atoms with Gasteiger partial charge in [-0.1, -0.05) is 44.5 Å². The minimum atomic E-state index is 0.163. The van der Waals surface area contributed by atoms with Crippen molar-refractivity contribution >= 4 is 22.2 Å². The smallest absolute Gasteiger partial charge is 0.228 e. The van der Waals surface area contributed by atoms with Gasteiger partial charge in [0.15, 0.2) is 4.96 Å². The van der Waals surface area contributed by atoms with Crippen LogP contribution in [0.1, 0.15) is 37.9 Å². The average Bonchev–Trinajstić information content (AvgIpc) is 3.21. The van der Waals surface area contributed by atoms with E-state index in [-0.39, 0.29) is 5.91 Å². The molecule has 0 atom stereocenters. The Morgan fingerprint density at radius 3 is 2.68 bits per heavy atom. The maximum atomic E-state index is 12.4. The van der Waals surface area contributed by atoms with E-state index in [0.29, 0.717) is 6.42 Å².